The van der Waals surface area contributed by atoms with Crippen LogP contribution in [-0.4, -0.2) is 53.4 Å². The Morgan fingerprint density at radius 2 is 1.59 bits per heavy atom. The third-order valence-corrected chi connectivity index (χ3v) is 4.97. The van der Waals surface area contributed by atoms with E-state index in [0.717, 1.165) is 37.9 Å². The molecule has 0 bridgehead atoms. The number of likely N-dealkylation sites (N-methyl/N-ethyl adjacent to an activating group) is 1. The topological polar surface area (TPSA) is 97.4 Å². The summed E-state index contributed by atoms with van der Waals surface area (Å²) in [5.74, 6) is -1.65. The van der Waals surface area contributed by atoms with Gasteiger partial charge in [-0.25, -0.2) is 0 Å². The van der Waals surface area contributed by atoms with Gasteiger partial charge in [0.2, 0.25) is 5.75 Å². The number of nitrogens with zero attached hydrogens (tertiary/aromatic N) is 2. The van der Waals surface area contributed by atoms with Gasteiger partial charge in [0.25, 0.3) is 0 Å². The van der Waals surface area contributed by atoms with Crippen molar-refractivity contribution < 1.29 is 19.7 Å². The van der Waals surface area contributed by atoms with Crippen molar-refractivity contribution in [3.8, 4) is 28.6 Å². The van der Waals surface area contributed by atoms with E-state index < -0.39 is 22.7 Å². The first-order valence-corrected chi connectivity index (χ1v) is 8.69. The highest BCUT2D eigenvalue weighted by Crippen LogP contribution is 2.40. The molecule has 1 aromatic heterocycles. The number of rotatable bonds is 2. The minimum Gasteiger partial charge on any atom is -0.504 e. The first-order valence-electron chi connectivity index (χ1n) is 8.69. The molecule has 2 heterocycles. The molecule has 7 heteroatoms. The van der Waals surface area contributed by atoms with Gasteiger partial charge in [0.15, 0.2) is 16.9 Å². The SMILES string of the molecule is CN1CCN(c2ccc(-c3cc(=O)c4c(O)c(O)c(O)cc4o3)cc2)CC1. The molecular formula is C20H20N2O5. The number of phenols is 3. The first-order chi connectivity index (χ1) is 12.9. The van der Waals surface area contributed by atoms with Crippen LogP contribution in [0, 0.1) is 0 Å². The third kappa shape index (κ3) is 3.06. The third-order valence-electron chi connectivity index (χ3n) is 4.97. The fourth-order valence-electron chi connectivity index (χ4n) is 3.32. The average molecular weight is 368 g/mol. The summed E-state index contributed by atoms with van der Waals surface area (Å²) in [7, 11) is 2.11. The van der Waals surface area contributed by atoms with Gasteiger partial charge in [-0.1, -0.05) is 0 Å². The molecule has 3 aromatic rings. The molecule has 0 amide bonds. The summed E-state index contributed by atoms with van der Waals surface area (Å²) in [4.78, 5) is 17.0. The summed E-state index contributed by atoms with van der Waals surface area (Å²) in [6.07, 6.45) is 0. The Balaban J connectivity index is 1.70. The van der Waals surface area contributed by atoms with Gasteiger partial charge in [-0.2, -0.15) is 0 Å². The molecule has 0 atom stereocenters. The lowest BCUT2D eigenvalue weighted by Gasteiger charge is -2.34. The van der Waals surface area contributed by atoms with Crippen LogP contribution in [0.4, 0.5) is 5.69 Å². The second-order valence-corrected chi connectivity index (χ2v) is 6.78. The van der Waals surface area contributed by atoms with E-state index in [0.29, 0.717) is 11.3 Å². The van der Waals surface area contributed by atoms with Gasteiger partial charge in [0.05, 0.1) is 0 Å². The van der Waals surface area contributed by atoms with Gasteiger partial charge in [-0.3, -0.25) is 4.79 Å². The minimum absolute atomic E-state index is 0.00782. The standard InChI is InChI=1S/C20H20N2O5/c1-21-6-8-22(9-7-21)13-4-2-12(3-5-13)16-10-14(23)18-17(27-16)11-15(24)19(25)20(18)26/h2-5,10-11,24-26H,6-9H2,1H3. The van der Waals surface area contributed by atoms with Crippen LogP contribution in [-0.2, 0) is 0 Å². The van der Waals surface area contributed by atoms with Crippen molar-refractivity contribution in [2.45, 2.75) is 0 Å². The van der Waals surface area contributed by atoms with E-state index in [-0.39, 0.29) is 11.0 Å². The summed E-state index contributed by atoms with van der Waals surface area (Å²) in [5, 5.41) is 29.0. The zero-order valence-electron chi connectivity index (χ0n) is 14.8. The highest BCUT2D eigenvalue weighted by Gasteiger charge is 2.18. The summed E-state index contributed by atoms with van der Waals surface area (Å²) in [6.45, 7) is 3.95. The normalized spacial score (nSPS) is 15.4. The van der Waals surface area contributed by atoms with Crippen LogP contribution in [0.25, 0.3) is 22.3 Å². The predicted octanol–water partition coefficient (Wildman–Crippen LogP) is 2.33. The largest absolute Gasteiger partial charge is 0.504 e. The van der Waals surface area contributed by atoms with Gasteiger partial charge in [-0.15, -0.1) is 0 Å². The van der Waals surface area contributed by atoms with Crippen molar-refractivity contribution in [2.75, 3.05) is 38.1 Å². The van der Waals surface area contributed by atoms with E-state index in [9.17, 15) is 20.1 Å². The van der Waals surface area contributed by atoms with Gasteiger partial charge < -0.3 is 29.5 Å². The zero-order valence-corrected chi connectivity index (χ0v) is 14.8. The Labute approximate surface area is 155 Å². The lowest BCUT2D eigenvalue weighted by molar-refractivity contribution is 0.313. The Hall–Kier alpha value is -3.19. The summed E-state index contributed by atoms with van der Waals surface area (Å²) in [5.41, 5.74) is 1.32. The molecule has 27 heavy (non-hydrogen) atoms. The van der Waals surface area contributed by atoms with E-state index in [1.807, 2.05) is 24.3 Å². The molecule has 1 aliphatic rings. The minimum atomic E-state index is -0.737. The highest BCUT2D eigenvalue weighted by atomic mass is 16.3. The molecule has 0 aliphatic carbocycles. The summed E-state index contributed by atoms with van der Waals surface area (Å²) < 4.78 is 5.69. The van der Waals surface area contributed by atoms with Gasteiger partial charge in [0, 0.05) is 49.6 Å². The van der Waals surface area contributed by atoms with Crippen LogP contribution in [0.5, 0.6) is 17.2 Å². The number of hydrogen-bond acceptors (Lipinski definition) is 7. The molecule has 2 aromatic carbocycles. The number of phenolic OH excluding ortho intramolecular Hbond substituents is 3. The number of aromatic hydroxyl groups is 3. The van der Waals surface area contributed by atoms with Crippen LogP contribution >= 0.6 is 0 Å². The number of piperazine rings is 1. The fraction of sp³-hybridized carbons (Fsp3) is 0.250. The number of hydrogen-bond donors (Lipinski definition) is 3. The second kappa shape index (κ2) is 6.51. The second-order valence-electron chi connectivity index (χ2n) is 6.78. The Bertz CT molecular complexity index is 1050. The van der Waals surface area contributed by atoms with Crippen LogP contribution in [0.1, 0.15) is 0 Å². The van der Waals surface area contributed by atoms with Crippen LogP contribution in [0.2, 0.25) is 0 Å². The van der Waals surface area contributed by atoms with Crippen molar-refractivity contribution in [1.29, 1.82) is 0 Å². The van der Waals surface area contributed by atoms with Gasteiger partial charge in [-0.05, 0) is 31.3 Å². The van der Waals surface area contributed by atoms with E-state index in [1.54, 1.807) is 0 Å². The maximum Gasteiger partial charge on any atom is 0.201 e. The average Bonchev–Trinajstić information content (AvgIpc) is 2.66. The van der Waals surface area contributed by atoms with Crippen molar-refractivity contribution in [1.82, 2.24) is 4.90 Å². The Morgan fingerprint density at radius 1 is 0.926 bits per heavy atom. The number of fused-ring (bicyclic) bond motifs is 1. The van der Waals surface area contributed by atoms with E-state index in [4.69, 9.17) is 4.42 Å². The summed E-state index contributed by atoms with van der Waals surface area (Å²) in [6, 6.07) is 10.1. The molecule has 0 unspecified atom stereocenters. The van der Waals surface area contributed by atoms with Crippen LogP contribution < -0.4 is 10.3 Å². The first kappa shape index (κ1) is 17.2. The lowest BCUT2D eigenvalue weighted by Crippen LogP contribution is -2.44. The van der Waals surface area contributed by atoms with E-state index in [2.05, 4.69) is 16.8 Å². The van der Waals surface area contributed by atoms with Crippen molar-refractivity contribution >= 4 is 16.7 Å². The smallest absolute Gasteiger partial charge is 0.201 e. The number of benzene rings is 2. The van der Waals surface area contributed by atoms with Crippen LogP contribution in [0.15, 0.2) is 45.6 Å². The molecule has 0 spiro atoms. The highest BCUT2D eigenvalue weighted by molar-refractivity contribution is 5.89. The lowest BCUT2D eigenvalue weighted by atomic mass is 10.1. The van der Waals surface area contributed by atoms with Crippen molar-refractivity contribution in [3.63, 3.8) is 0 Å². The molecule has 0 saturated carbocycles. The maximum atomic E-state index is 12.4. The van der Waals surface area contributed by atoms with E-state index in [1.165, 1.54) is 6.07 Å². The zero-order chi connectivity index (χ0) is 19.1. The van der Waals surface area contributed by atoms with Gasteiger partial charge >= 0.3 is 0 Å². The maximum absolute atomic E-state index is 12.4. The predicted molar refractivity (Wildman–Crippen MR) is 103 cm³/mol. The monoisotopic (exact) mass is 368 g/mol. The molecule has 4 rings (SSSR count). The molecule has 0 radical (unpaired) electrons. The van der Waals surface area contributed by atoms with Crippen LogP contribution in [0.3, 0.4) is 0 Å². The summed E-state index contributed by atoms with van der Waals surface area (Å²) >= 11 is 0. The molecule has 3 N–H and O–H groups in total. The van der Waals surface area contributed by atoms with Crippen molar-refractivity contribution in [2.24, 2.45) is 0 Å². The van der Waals surface area contributed by atoms with Crippen molar-refractivity contribution in [3.05, 3.63) is 46.6 Å². The molecule has 1 aliphatic heterocycles. The van der Waals surface area contributed by atoms with Gasteiger partial charge in [0.1, 0.15) is 16.7 Å². The van der Waals surface area contributed by atoms with E-state index >= 15 is 0 Å². The molecule has 7 nitrogen and oxygen atoms in total. The quantitative estimate of drug-likeness (QED) is 0.597. The number of anilines is 1. The fourth-order valence-corrected chi connectivity index (χ4v) is 3.32. The molecule has 140 valence electrons. The Kier molecular flexibility index (Phi) is 4.16. The molecular weight excluding hydrogens is 348 g/mol. The Morgan fingerprint density at radius 3 is 2.26 bits per heavy atom. The molecule has 1 saturated heterocycles. The molecule has 1 fully saturated rings.